The number of thioether (sulfide) groups is 1. The van der Waals surface area contributed by atoms with Crippen molar-refractivity contribution in [1.82, 2.24) is 0 Å². The number of halogens is 1. The van der Waals surface area contributed by atoms with Crippen molar-refractivity contribution < 1.29 is 4.74 Å². The molecule has 1 nitrogen and oxygen atoms in total. The van der Waals surface area contributed by atoms with Gasteiger partial charge in [-0.3, -0.25) is 0 Å². The molecule has 0 N–H and O–H groups in total. The molecule has 23 heavy (non-hydrogen) atoms. The highest BCUT2D eigenvalue weighted by molar-refractivity contribution is 9.11. The zero-order chi connectivity index (χ0) is 16.8. The molecule has 1 aromatic carbocycles. The molecular formula is C20H33BrOS. The monoisotopic (exact) mass is 400 g/mol. The lowest BCUT2D eigenvalue weighted by Gasteiger charge is -2.18. The van der Waals surface area contributed by atoms with Gasteiger partial charge >= 0.3 is 0 Å². The molecule has 1 rings (SSSR count). The van der Waals surface area contributed by atoms with Gasteiger partial charge in [0.25, 0.3) is 0 Å². The van der Waals surface area contributed by atoms with Crippen LogP contribution in [0.1, 0.15) is 82.1 Å². The van der Waals surface area contributed by atoms with Crippen molar-refractivity contribution in [2.75, 3.05) is 7.11 Å². The standard InChI is InChI=1S/C20H33BrOS/c1-3-4-5-6-7-8-9-10-14-17-19(21)23-20(22-2)18-15-12-11-13-16-18/h11-13,15-16,19-20H,3-10,14,17H2,1-2H3. The van der Waals surface area contributed by atoms with Gasteiger partial charge in [-0.2, -0.15) is 0 Å². The number of methoxy groups -OCH3 is 1. The van der Waals surface area contributed by atoms with Gasteiger partial charge in [-0.05, 0) is 12.0 Å². The summed E-state index contributed by atoms with van der Waals surface area (Å²) in [6.45, 7) is 2.28. The van der Waals surface area contributed by atoms with Crippen molar-refractivity contribution in [3.63, 3.8) is 0 Å². The van der Waals surface area contributed by atoms with Gasteiger partial charge in [-0.15, -0.1) is 11.8 Å². The zero-order valence-corrected chi connectivity index (χ0v) is 17.2. The van der Waals surface area contributed by atoms with E-state index in [9.17, 15) is 0 Å². The Morgan fingerprint density at radius 3 is 2.04 bits per heavy atom. The molecule has 0 aliphatic rings. The topological polar surface area (TPSA) is 9.23 Å². The van der Waals surface area contributed by atoms with Gasteiger partial charge < -0.3 is 4.74 Å². The molecule has 132 valence electrons. The van der Waals surface area contributed by atoms with Gasteiger partial charge in [-0.25, -0.2) is 0 Å². The second kappa shape index (κ2) is 14.4. The van der Waals surface area contributed by atoms with Gasteiger partial charge in [0.2, 0.25) is 0 Å². The molecule has 1 aromatic rings. The fourth-order valence-corrected chi connectivity index (χ4v) is 4.61. The molecule has 0 amide bonds. The van der Waals surface area contributed by atoms with Crippen LogP contribution < -0.4 is 0 Å². The number of benzene rings is 1. The van der Waals surface area contributed by atoms with Crippen molar-refractivity contribution in [2.24, 2.45) is 0 Å². The Morgan fingerprint density at radius 2 is 1.48 bits per heavy atom. The fraction of sp³-hybridized carbons (Fsp3) is 0.700. The minimum absolute atomic E-state index is 0.124. The first-order valence-electron chi connectivity index (χ1n) is 9.15. The Hall–Kier alpha value is 0.01000. The summed E-state index contributed by atoms with van der Waals surface area (Å²) in [5.74, 6) is 0. The summed E-state index contributed by atoms with van der Waals surface area (Å²) in [5, 5.41) is 0. The maximum absolute atomic E-state index is 5.63. The summed E-state index contributed by atoms with van der Waals surface area (Å²) in [7, 11) is 1.79. The van der Waals surface area contributed by atoms with E-state index in [1.165, 1.54) is 69.8 Å². The van der Waals surface area contributed by atoms with Gasteiger partial charge in [0, 0.05) is 7.11 Å². The van der Waals surface area contributed by atoms with E-state index in [-0.39, 0.29) is 5.44 Å². The molecule has 0 heterocycles. The van der Waals surface area contributed by atoms with Crippen molar-refractivity contribution in [1.29, 1.82) is 0 Å². The lowest BCUT2D eigenvalue weighted by molar-refractivity contribution is 0.175. The third-order valence-electron chi connectivity index (χ3n) is 4.09. The molecule has 2 unspecified atom stereocenters. The molecular weight excluding hydrogens is 368 g/mol. The molecule has 0 aliphatic heterocycles. The molecule has 3 heteroatoms. The Kier molecular flexibility index (Phi) is 13.1. The first kappa shape index (κ1) is 21.1. The highest BCUT2D eigenvalue weighted by Gasteiger charge is 2.15. The van der Waals surface area contributed by atoms with Crippen LogP contribution in [-0.4, -0.2) is 11.3 Å². The van der Waals surface area contributed by atoms with Crippen molar-refractivity contribution >= 4 is 27.7 Å². The fourth-order valence-electron chi connectivity index (χ4n) is 2.70. The molecule has 0 bridgehead atoms. The number of alkyl halides is 1. The third-order valence-corrected chi connectivity index (χ3v) is 6.44. The lowest BCUT2D eigenvalue weighted by atomic mass is 10.1. The van der Waals surface area contributed by atoms with Gasteiger partial charge in [0.15, 0.2) is 0 Å². The third kappa shape index (κ3) is 10.5. The van der Waals surface area contributed by atoms with E-state index >= 15 is 0 Å². The summed E-state index contributed by atoms with van der Waals surface area (Å²) in [4.78, 5) is 0. The van der Waals surface area contributed by atoms with E-state index in [1.54, 1.807) is 7.11 Å². The number of ether oxygens (including phenoxy) is 1. The van der Waals surface area contributed by atoms with Crippen LogP contribution in [0.2, 0.25) is 0 Å². The summed E-state index contributed by atoms with van der Waals surface area (Å²) < 4.78 is 6.10. The van der Waals surface area contributed by atoms with Crippen molar-refractivity contribution in [3.8, 4) is 0 Å². The second-order valence-electron chi connectivity index (χ2n) is 6.14. The van der Waals surface area contributed by atoms with Crippen LogP contribution >= 0.6 is 27.7 Å². The smallest absolute Gasteiger partial charge is 0.129 e. The minimum Gasteiger partial charge on any atom is -0.366 e. The highest BCUT2D eigenvalue weighted by Crippen LogP contribution is 2.37. The van der Waals surface area contributed by atoms with Crippen LogP contribution in [0.15, 0.2) is 30.3 Å². The van der Waals surface area contributed by atoms with Crippen LogP contribution in [0.4, 0.5) is 0 Å². The average Bonchev–Trinajstić information content (AvgIpc) is 2.59. The summed E-state index contributed by atoms with van der Waals surface area (Å²) >= 11 is 5.68. The van der Waals surface area contributed by atoms with Gasteiger partial charge in [0.1, 0.15) is 5.44 Å². The Labute approximate surface area is 156 Å². The Bertz CT molecular complexity index is 371. The maximum atomic E-state index is 5.63. The molecule has 0 aliphatic carbocycles. The minimum atomic E-state index is 0.124. The van der Waals surface area contributed by atoms with Gasteiger partial charge in [-0.1, -0.05) is 111 Å². The second-order valence-corrected chi connectivity index (χ2v) is 9.12. The first-order chi connectivity index (χ1) is 11.3. The molecule has 0 fully saturated rings. The van der Waals surface area contributed by atoms with Crippen molar-refractivity contribution in [3.05, 3.63) is 35.9 Å². The Balaban J connectivity index is 2.06. The number of rotatable bonds is 14. The number of unbranched alkanes of at least 4 members (excludes halogenated alkanes) is 8. The van der Waals surface area contributed by atoms with Crippen molar-refractivity contribution in [2.45, 2.75) is 80.7 Å². The zero-order valence-electron chi connectivity index (χ0n) is 14.8. The van der Waals surface area contributed by atoms with Crippen LogP contribution in [0.5, 0.6) is 0 Å². The Morgan fingerprint density at radius 1 is 0.913 bits per heavy atom. The highest BCUT2D eigenvalue weighted by atomic mass is 79.9. The van der Waals surface area contributed by atoms with E-state index in [0.717, 1.165) is 0 Å². The van der Waals surface area contributed by atoms with E-state index in [0.29, 0.717) is 4.16 Å². The van der Waals surface area contributed by atoms with Crippen LogP contribution in [0, 0.1) is 0 Å². The normalized spacial score (nSPS) is 13.9. The first-order valence-corrected chi connectivity index (χ1v) is 11.0. The lowest BCUT2D eigenvalue weighted by Crippen LogP contribution is -2.02. The molecule has 0 saturated carbocycles. The average molecular weight is 401 g/mol. The summed E-state index contributed by atoms with van der Waals surface area (Å²) in [6, 6.07) is 10.5. The van der Waals surface area contributed by atoms with Gasteiger partial charge in [0.05, 0.1) is 4.16 Å². The van der Waals surface area contributed by atoms with E-state index in [2.05, 4.69) is 53.2 Å². The quantitative estimate of drug-likeness (QED) is 0.179. The predicted octanol–water partition coefficient (Wildman–Crippen LogP) is 7.71. The largest absolute Gasteiger partial charge is 0.366 e. The molecule has 2 atom stereocenters. The molecule has 0 spiro atoms. The van der Waals surface area contributed by atoms with Crippen LogP contribution in [0.25, 0.3) is 0 Å². The van der Waals surface area contributed by atoms with E-state index in [4.69, 9.17) is 4.74 Å². The molecule has 0 aromatic heterocycles. The van der Waals surface area contributed by atoms with Crippen LogP contribution in [-0.2, 0) is 4.74 Å². The number of hydrogen-bond acceptors (Lipinski definition) is 2. The number of hydrogen-bond donors (Lipinski definition) is 0. The maximum Gasteiger partial charge on any atom is 0.129 e. The van der Waals surface area contributed by atoms with E-state index in [1.807, 2.05) is 11.8 Å². The molecule has 0 radical (unpaired) electrons. The SMILES string of the molecule is CCCCCCCCCCCC(Br)SC(OC)c1ccccc1. The summed E-state index contributed by atoms with van der Waals surface area (Å²) in [5.41, 5.74) is 1.37. The summed E-state index contributed by atoms with van der Waals surface area (Å²) in [6.07, 6.45) is 13.7. The van der Waals surface area contributed by atoms with E-state index < -0.39 is 0 Å². The predicted molar refractivity (Wildman–Crippen MR) is 108 cm³/mol. The molecule has 0 saturated heterocycles. The van der Waals surface area contributed by atoms with Crippen LogP contribution in [0.3, 0.4) is 0 Å².